The summed E-state index contributed by atoms with van der Waals surface area (Å²) in [6.07, 6.45) is 0. The minimum Gasteiger partial charge on any atom is -0.463 e. The molecule has 3 aromatic rings. The Bertz CT molecular complexity index is 980. The molecule has 0 aliphatic rings. The molecule has 0 aliphatic heterocycles. The van der Waals surface area contributed by atoms with Crippen LogP contribution in [0.5, 0.6) is 0 Å². The van der Waals surface area contributed by atoms with Crippen LogP contribution in [0.4, 0.5) is 0 Å². The average molecular weight is 448 g/mol. The smallest absolute Gasteiger partial charge is 0.327 e. The van der Waals surface area contributed by atoms with E-state index in [1.165, 1.54) is 4.68 Å². The zero-order chi connectivity index (χ0) is 20.3. The number of carbonyl (C=O) groups is 1. The van der Waals surface area contributed by atoms with Crippen molar-refractivity contribution in [1.82, 2.24) is 24.9 Å². The summed E-state index contributed by atoms with van der Waals surface area (Å²) in [5.74, 6) is 0.311. The van der Waals surface area contributed by atoms with E-state index in [4.69, 9.17) is 9.15 Å². The van der Waals surface area contributed by atoms with Crippen LogP contribution in [0.15, 0.2) is 33.2 Å². The van der Waals surface area contributed by atoms with Crippen LogP contribution in [0, 0.1) is 13.8 Å². The third-order valence-electron chi connectivity index (χ3n) is 4.03. The number of hydrogen-bond acceptors (Lipinski definition) is 7. The van der Waals surface area contributed by atoms with Gasteiger partial charge in [-0.3, -0.25) is 4.79 Å². The molecule has 0 atom stereocenters. The fraction of sp³-hybridized carbons (Fsp3) is 0.368. The van der Waals surface area contributed by atoms with Crippen molar-refractivity contribution >= 4 is 21.9 Å². The van der Waals surface area contributed by atoms with Crippen molar-refractivity contribution in [2.24, 2.45) is 0 Å². The van der Waals surface area contributed by atoms with Gasteiger partial charge in [0.05, 0.1) is 10.2 Å². The van der Waals surface area contributed by atoms with Crippen LogP contribution in [-0.4, -0.2) is 58.1 Å². The first kappa shape index (κ1) is 20.2. The molecule has 9 heteroatoms. The van der Waals surface area contributed by atoms with Crippen LogP contribution in [-0.2, 0) is 16.1 Å². The van der Waals surface area contributed by atoms with Crippen LogP contribution in [0.1, 0.15) is 11.3 Å². The van der Waals surface area contributed by atoms with Gasteiger partial charge in [-0.25, -0.2) is 4.68 Å². The van der Waals surface area contributed by atoms with Gasteiger partial charge >= 0.3 is 5.97 Å². The molecule has 0 bridgehead atoms. The number of nitrogens with zero attached hydrogens (tertiary/aromatic N) is 5. The molecule has 2 heterocycles. The van der Waals surface area contributed by atoms with Gasteiger partial charge in [-0.15, -0.1) is 10.2 Å². The topological polar surface area (TPSA) is 86.3 Å². The molecule has 0 spiro atoms. The summed E-state index contributed by atoms with van der Waals surface area (Å²) in [4.78, 5) is 14.1. The van der Waals surface area contributed by atoms with Gasteiger partial charge in [0.2, 0.25) is 5.89 Å². The Balaban J connectivity index is 1.84. The Hall–Kier alpha value is -2.52. The summed E-state index contributed by atoms with van der Waals surface area (Å²) in [7, 11) is 3.84. The second-order valence-electron chi connectivity index (χ2n) is 6.71. The minimum atomic E-state index is -0.378. The maximum absolute atomic E-state index is 12.2. The summed E-state index contributed by atoms with van der Waals surface area (Å²) >= 11 is 3.51. The predicted molar refractivity (Wildman–Crippen MR) is 108 cm³/mol. The third-order valence-corrected chi connectivity index (χ3v) is 4.98. The number of hydrogen-bond donors (Lipinski definition) is 0. The lowest BCUT2D eigenvalue weighted by molar-refractivity contribution is -0.144. The molecule has 2 aromatic heterocycles. The molecule has 0 aliphatic carbocycles. The van der Waals surface area contributed by atoms with Crippen molar-refractivity contribution in [2.75, 3.05) is 27.2 Å². The number of aromatic nitrogens is 4. The second kappa shape index (κ2) is 8.66. The van der Waals surface area contributed by atoms with E-state index >= 15 is 0 Å². The van der Waals surface area contributed by atoms with Crippen LogP contribution >= 0.6 is 15.9 Å². The molecular weight excluding hydrogens is 426 g/mol. The van der Waals surface area contributed by atoms with E-state index in [9.17, 15) is 4.79 Å². The Morgan fingerprint density at radius 2 is 2.00 bits per heavy atom. The van der Waals surface area contributed by atoms with E-state index in [2.05, 4.69) is 31.2 Å². The van der Waals surface area contributed by atoms with Gasteiger partial charge < -0.3 is 14.1 Å². The van der Waals surface area contributed by atoms with Crippen molar-refractivity contribution in [3.63, 3.8) is 0 Å². The number of rotatable bonds is 7. The van der Waals surface area contributed by atoms with E-state index in [1.807, 2.05) is 57.1 Å². The molecule has 1 aromatic carbocycles. The quantitative estimate of drug-likeness (QED) is 0.514. The van der Waals surface area contributed by atoms with Gasteiger partial charge in [-0.1, -0.05) is 17.7 Å². The SMILES string of the molecule is Cc1cccc(-c2nnc(-c3c(Br)c(C)nn3CC(=O)OCCN(C)C)o2)c1. The predicted octanol–water partition coefficient (Wildman–Crippen LogP) is 3.08. The summed E-state index contributed by atoms with van der Waals surface area (Å²) in [5.41, 5.74) is 3.19. The molecule has 148 valence electrons. The van der Waals surface area contributed by atoms with Crippen LogP contribution in [0.2, 0.25) is 0 Å². The van der Waals surface area contributed by atoms with Gasteiger partial charge in [0.1, 0.15) is 18.8 Å². The Kier molecular flexibility index (Phi) is 6.25. The van der Waals surface area contributed by atoms with Gasteiger partial charge in [0, 0.05) is 12.1 Å². The Morgan fingerprint density at radius 1 is 1.25 bits per heavy atom. The highest BCUT2D eigenvalue weighted by atomic mass is 79.9. The highest BCUT2D eigenvalue weighted by molar-refractivity contribution is 9.10. The molecule has 0 amide bonds. The van der Waals surface area contributed by atoms with Crippen molar-refractivity contribution in [3.05, 3.63) is 40.0 Å². The van der Waals surface area contributed by atoms with E-state index in [0.29, 0.717) is 34.9 Å². The van der Waals surface area contributed by atoms with Crippen LogP contribution in [0.3, 0.4) is 0 Å². The molecule has 0 unspecified atom stereocenters. The van der Waals surface area contributed by atoms with Gasteiger partial charge in [0.25, 0.3) is 5.89 Å². The van der Waals surface area contributed by atoms with Gasteiger partial charge in [0.15, 0.2) is 0 Å². The lowest BCUT2D eigenvalue weighted by atomic mass is 10.1. The number of esters is 1. The number of aryl methyl sites for hydroxylation is 2. The Morgan fingerprint density at radius 3 is 2.71 bits per heavy atom. The first-order valence-corrected chi connectivity index (χ1v) is 9.58. The summed E-state index contributed by atoms with van der Waals surface area (Å²) in [5, 5.41) is 12.7. The normalized spacial score (nSPS) is 11.2. The number of ether oxygens (including phenoxy) is 1. The number of carbonyl (C=O) groups excluding carboxylic acids is 1. The lowest BCUT2D eigenvalue weighted by Gasteiger charge is -2.10. The number of likely N-dealkylation sites (N-methyl/N-ethyl adjacent to an activating group) is 1. The maximum Gasteiger partial charge on any atom is 0.327 e. The maximum atomic E-state index is 12.2. The van der Waals surface area contributed by atoms with Gasteiger partial charge in [-0.2, -0.15) is 5.10 Å². The summed E-state index contributed by atoms with van der Waals surface area (Å²) in [6, 6.07) is 7.81. The van der Waals surface area contributed by atoms with E-state index < -0.39 is 0 Å². The van der Waals surface area contributed by atoms with Crippen molar-refractivity contribution in [1.29, 1.82) is 0 Å². The summed E-state index contributed by atoms with van der Waals surface area (Å²) in [6.45, 7) is 4.76. The average Bonchev–Trinajstić information content (AvgIpc) is 3.20. The minimum absolute atomic E-state index is 0.0443. The molecule has 0 N–H and O–H groups in total. The highest BCUT2D eigenvalue weighted by Crippen LogP contribution is 2.32. The van der Waals surface area contributed by atoms with Crippen molar-refractivity contribution in [2.45, 2.75) is 20.4 Å². The molecule has 8 nitrogen and oxygen atoms in total. The monoisotopic (exact) mass is 447 g/mol. The zero-order valence-electron chi connectivity index (χ0n) is 16.3. The number of halogens is 1. The van der Waals surface area contributed by atoms with E-state index in [0.717, 1.165) is 11.1 Å². The highest BCUT2D eigenvalue weighted by Gasteiger charge is 2.23. The standard InChI is InChI=1S/C19H22BrN5O3/c1-12-6-5-7-14(10-12)18-21-22-19(28-18)17-16(20)13(2)23-25(17)11-15(26)27-9-8-24(3)4/h5-7,10H,8-9,11H2,1-4H3. The molecule has 3 rings (SSSR count). The Labute approximate surface area is 171 Å². The lowest BCUT2D eigenvalue weighted by Crippen LogP contribution is -2.22. The van der Waals surface area contributed by atoms with Crippen molar-refractivity contribution in [3.8, 4) is 23.0 Å². The second-order valence-corrected chi connectivity index (χ2v) is 7.50. The molecule has 0 saturated heterocycles. The van der Waals surface area contributed by atoms with Crippen molar-refractivity contribution < 1.29 is 13.9 Å². The molecule has 28 heavy (non-hydrogen) atoms. The van der Waals surface area contributed by atoms with Crippen LogP contribution in [0.25, 0.3) is 23.0 Å². The summed E-state index contributed by atoms with van der Waals surface area (Å²) < 4.78 is 13.3. The third kappa shape index (κ3) is 4.66. The number of benzene rings is 1. The van der Waals surface area contributed by atoms with Crippen LogP contribution < -0.4 is 0 Å². The first-order valence-electron chi connectivity index (χ1n) is 8.79. The molecule has 0 saturated carbocycles. The largest absolute Gasteiger partial charge is 0.463 e. The zero-order valence-corrected chi connectivity index (χ0v) is 17.9. The van der Waals surface area contributed by atoms with Gasteiger partial charge in [-0.05, 0) is 56.0 Å². The van der Waals surface area contributed by atoms with E-state index in [1.54, 1.807) is 0 Å². The fourth-order valence-corrected chi connectivity index (χ4v) is 3.06. The fourth-order valence-electron chi connectivity index (χ4n) is 2.60. The molecule has 0 fully saturated rings. The molecular formula is C19H22BrN5O3. The van der Waals surface area contributed by atoms with E-state index in [-0.39, 0.29) is 18.4 Å². The first-order chi connectivity index (χ1) is 13.3. The molecule has 0 radical (unpaired) electrons.